The van der Waals surface area contributed by atoms with Crippen molar-refractivity contribution in [2.45, 2.75) is 19.4 Å². The fraction of sp³-hybridized carbons (Fsp3) is 0.333. The van der Waals surface area contributed by atoms with E-state index in [0.717, 1.165) is 6.42 Å². The van der Waals surface area contributed by atoms with Crippen LogP contribution in [0, 0.1) is 6.92 Å². The third-order valence-corrected chi connectivity index (χ3v) is 3.27. The van der Waals surface area contributed by atoms with E-state index >= 15 is 0 Å². The lowest BCUT2D eigenvalue weighted by molar-refractivity contribution is 0.102. The average Bonchev–Trinajstić information content (AvgIpc) is 3.10. The predicted molar refractivity (Wildman–Crippen MR) is 75.5 cm³/mol. The van der Waals surface area contributed by atoms with Gasteiger partial charge in [-0.3, -0.25) is 4.79 Å². The normalized spacial score (nSPS) is 17.7. The monoisotopic (exact) mass is 288 g/mol. The van der Waals surface area contributed by atoms with Crippen molar-refractivity contribution in [3.05, 3.63) is 42.0 Å². The first kappa shape index (κ1) is 13.6. The number of nitrogens with zero attached hydrogens (tertiary/aromatic N) is 1. The van der Waals surface area contributed by atoms with Crippen molar-refractivity contribution in [2.75, 3.05) is 18.5 Å². The van der Waals surface area contributed by atoms with Crippen molar-refractivity contribution in [1.82, 2.24) is 4.98 Å². The van der Waals surface area contributed by atoms with E-state index in [-0.39, 0.29) is 12.0 Å². The summed E-state index contributed by atoms with van der Waals surface area (Å²) in [5, 5.41) is 2.80. The van der Waals surface area contributed by atoms with Gasteiger partial charge in [-0.25, -0.2) is 4.98 Å². The Morgan fingerprint density at radius 1 is 1.48 bits per heavy atom. The van der Waals surface area contributed by atoms with Crippen molar-refractivity contribution in [2.24, 2.45) is 0 Å². The minimum Gasteiger partial charge on any atom is -0.472 e. The zero-order chi connectivity index (χ0) is 14.7. The van der Waals surface area contributed by atoms with Crippen LogP contribution in [0.3, 0.4) is 0 Å². The molecule has 3 rings (SSSR count). The standard InChI is InChI=1S/C15H16N2O4/c1-10-13(4-7-20-10)15(18)17-11-2-5-16-14(8-11)21-12-3-6-19-9-12/h2,4-5,7-8,12H,3,6,9H2,1H3,(H,16,17,18). The van der Waals surface area contributed by atoms with E-state index in [4.69, 9.17) is 13.9 Å². The first-order valence-electron chi connectivity index (χ1n) is 6.78. The smallest absolute Gasteiger partial charge is 0.259 e. The third-order valence-electron chi connectivity index (χ3n) is 3.27. The van der Waals surface area contributed by atoms with E-state index in [1.54, 1.807) is 31.3 Å². The molecule has 0 spiro atoms. The van der Waals surface area contributed by atoms with Gasteiger partial charge in [0.2, 0.25) is 5.88 Å². The Bertz CT molecular complexity index is 632. The first-order valence-corrected chi connectivity index (χ1v) is 6.78. The molecule has 1 aliphatic heterocycles. The Labute approximate surface area is 122 Å². The predicted octanol–water partition coefficient (Wildman–Crippen LogP) is 2.40. The van der Waals surface area contributed by atoms with Gasteiger partial charge < -0.3 is 19.2 Å². The second kappa shape index (κ2) is 5.97. The Balaban J connectivity index is 1.68. The zero-order valence-electron chi connectivity index (χ0n) is 11.7. The van der Waals surface area contributed by atoms with Gasteiger partial charge in [-0.1, -0.05) is 0 Å². The Morgan fingerprint density at radius 3 is 3.10 bits per heavy atom. The number of ether oxygens (including phenoxy) is 2. The van der Waals surface area contributed by atoms with Gasteiger partial charge in [0.05, 0.1) is 25.0 Å². The van der Waals surface area contributed by atoms with Gasteiger partial charge in [-0.15, -0.1) is 0 Å². The lowest BCUT2D eigenvalue weighted by Gasteiger charge is -2.11. The molecule has 1 unspecified atom stereocenters. The van der Waals surface area contributed by atoms with Crippen molar-refractivity contribution >= 4 is 11.6 Å². The molecule has 21 heavy (non-hydrogen) atoms. The summed E-state index contributed by atoms with van der Waals surface area (Å²) in [4.78, 5) is 16.2. The molecule has 1 saturated heterocycles. The van der Waals surface area contributed by atoms with Crippen LogP contribution in [0.1, 0.15) is 22.5 Å². The molecular weight excluding hydrogens is 272 g/mol. The highest BCUT2D eigenvalue weighted by Crippen LogP contribution is 2.19. The number of hydrogen-bond donors (Lipinski definition) is 1. The number of pyridine rings is 1. The molecule has 1 amide bonds. The second-order valence-corrected chi connectivity index (χ2v) is 4.83. The van der Waals surface area contributed by atoms with Crippen LogP contribution < -0.4 is 10.1 Å². The molecule has 6 nitrogen and oxygen atoms in total. The molecule has 0 aliphatic carbocycles. The van der Waals surface area contributed by atoms with Crippen LogP contribution >= 0.6 is 0 Å². The zero-order valence-corrected chi connectivity index (χ0v) is 11.7. The van der Waals surface area contributed by atoms with E-state index in [2.05, 4.69) is 10.3 Å². The van der Waals surface area contributed by atoms with Gasteiger partial charge in [0.1, 0.15) is 11.9 Å². The summed E-state index contributed by atoms with van der Waals surface area (Å²) in [5.74, 6) is 0.843. The summed E-state index contributed by atoms with van der Waals surface area (Å²) in [7, 11) is 0. The number of hydrogen-bond acceptors (Lipinski definition) is 5. The van der Waals surface area contributed by atoms with Gasteiger partial charge in [0.25, 0.3) is 5.91 Å². The maximum Gasteiger partial charge on any atom is 0.259 e. The van der Waals surface area contributed by atoms with Crippen LogP contribution in [0.15, 0.2) is 35.1 Å². The molecule has 0 aromatic carbocycles. The van der Waals surface area contributed by atoms with Crippen LogP contribution in [-0.2, 0) is 4.74 Å². The molecule has 0 radical (unpaired) electrons. The molecule has 1 N–H and O–H groups in total. The van der Waals surface area contributed by atoms with Crippen LogP contribution in [0.2, 0.25) is 0 Å². The van der Waals surface area contributed by atoms with Gasteiger partial charge >= 0.3 is 0 Å². The molecule has 1 aliphatic rings. The van der Waals surface area contributed by atoms with Gasteiger partial charge in [0.15, 0.2) is 0 Å². The maximum absolute atomic E-state index is 12.1. The largest absolute Gasteiger partial charge is 0.472 e. The highest BCUT2D eigenvalue weighted by Gasteiger charge is 2.18. The molecule has 0 saturated carbocycles. The molecule has 1 atom stereocenters. The van der Waals surface area contributed by atoms with E-state index < -0.39 is 0 Å². The summed E-state index contributed by atoms with van der Waals surface area (Å²) in [5.41, 5.74) is 1.14. The van der Waals surface area contributed by atoms with E-state index in [1.165, 1.54) is 6.26 Å². The summed E-state index contributed by atoms with van der Waals surface area (Å²) in [6, 6.07) is 5.05. The minimum absolute atomic E-state index is 0.0274. The summed E-state index contributed by atoms with van der Waals surface area (Å²) >= 11 is 0. The maximum atomic E-state index is 12.1. The van der Waals surface area contributed by atoms with Crippen LogP contribution in [0.4, 0.5) is 5.69 Å². The Morgan fingerprint density at radius 2 is 2.38 bits per heavy atom. The van der Waals surface area contributed by atoms with Crippen molar-refractivity contribution in [3.63, 3.8) is 0 Å². The summed E-state index contributed by atoms with van der Waals surface area (Å²) in [6.07, 6.45) is 3.97. The Hall–Kier alpha value is -2.34. The molecular formula is C15H16N2O4. The van der Waals surface area contributed by atoms with Crippen LogP contribution in [0.5, 0.6) is 5.88 Å². The number of amides is 1. The molecule has 0 bridgehead atoms. The number of carbonyl (C=O) groups is 1. The summed E-state index contributed by atoms with van der Waals surface area (Å²) in [6.45, 7) is 3.03. The lowest BCUT2D eigenvalue weighted by Crippen LogP contribution is -2.17. The SMILES string of the molecule is Cc1occc1C(=O)Nc1ccnc(OC2CCOC2)c1. The second-order valence-electron chi connectivity index (χ2n) is 4.83. The Kier molecular flexibility index (Phi) is 3.87. The average molecular weight is 288 g/mol. The first-order chi connectivity index (χ1) is 10.2. The van der Waals surface area contributed by atoms with Gasteiger partial charge in [-0.05, 0) is 19.1 Å². The topological polar surface area (TPSA) is 73.6 Å². The van der Waals surface area contributed by atoms with Crippen molar-refractivity contribution < 1.29 is 18.7 Å². The highest BCUT2D eigenvalue weighted by atomic mass is 16.5. The van der Waals surface area contributed by atoms with Crippen LogP contribution in [-0.4, -0.2) is 30.2 Å². The number of carbonyl (C=O) groups excluding carboxylic acids is 1. The van der Waals surface area contributed by atoms with E-state index in [9.17, 15) is 4.79 Å². The number of nitrogens with one attached hydrogen (secondary N) is 1. The number of anilines is 1. The quantitative estimate of drug-likeness (QED) is 0.935. The van der Waals surface area contributed by atoms with E-state index in [1.807, 2.05) is 0 Å². The third kappa shape index (κ3) is 3.22. The van der Waals surface area contributed by atoms with Gasteiger partial charge in [0, 0.05) is 24.4 Å². The van der Waals surface area contributed by atoms with Crippen LogP contribution in [0.25, 0.3) is 0 Å². The molecule has 1 fully saturated rings. The highest BCUT2D eigenvalue weighted by molar-refractivity contribution is 6.04. The number of furan rings is 1. The molecule has 6 heteroatoms. The number of rotatable bonds is 4. The fourth-order valence-electron chi connectivity index (χ4n) is 2.15. The van der Waals surface area contributed by atoms with E-state index in [0.29, 0.717) is 36.1 Å². The molecule has 2 aromatic heterocycles. The van der Waals surface area contributed by atoms with Crippen molar-refractivity contribution in [1.29, 1.82) is 0 Å². The van der Waals surface area contributed by atoms with Gasteiger partial charge in [-0.2, -0.15) is 0 Å². The molecule has 3 heterocycles. The molecule has 2 aromatic rings. The fourth-order valence-corrected chi connectivity index (χ4v) is 2.15. The lowest BCUT2D eigenvalue weighted by atomic mass is 10.2. The number of aryl methyl sites for hydroxylation is 1. The molecule has 110 valence electrons. The minimum atomic E-state index is -0.220. The van der Waals surface area contributed by atoms with Crippen molar-refractivity contribution in [3.8, 4) is 5.88 Å². The number of aromatic nitrogens is 1. The summed E-state index contributed by atoms with van der Waals surface area (Å²) < 4.78 is 16.1.